The smallest absolute Gasteiger partial charge is 0.132 e. The van der Waals surface area contributed by atoms with E-state index in [-0.39, 0.29) is 12.0 Å². The lowest BCUT2D eigenvalue weighted by Gasteiger charge is -2.25. The van der Waals surface area contributed by atoms with Crippen LogP contribution in [0.5, 0.6) is 0 Å². The van der Waals surface area contributed by atoms with Crippen molar-refractivity contribution >= 4 is 16.7 Å². The maximum Gasteiger partial charge on any atom is 0.132 e. The van der Waals surface area contributed by atoms with E-state index < -0.39 is 0 Å². The van der Waals surface area contributed by atoms with Crippen LogP contribution in [0.4, 0.5) is 5.82 Å². The first-order valence-electron chi connectivity index (χ1n) is 7.52. The summed E-state index contributed by atoms with van der Waals surface area (Å²) in [6.45, 7) is 5.49. The van der Waals surface area contributed by atoms with Gasteiger partial charge in [-0.15, -0.1) is 0 Å². The van der Waals surface area contributed by atoms with Crippen LogP contribution < -0.4 is 4.90 Å². The van der Waals surface area contributed by atoms with Crippen molar-refractivity contribution in [2.75, 3.05) is 37.8 Å². The molecule has 2 aromatic rings. The van der Waals surface area contributed by atoms with E-state index in [4.69, 9.17) is 9.72 Å². The van der Waals surface area contributed by atoms with Gasteiger partial charge in [0.05, 0.1) is 25.3 Å². The highest BCUT2D eigenvalue weighted by atomic mass is 16.5. The molecule has 2 aliphatic rings. The average molecular weight is 284 g/mol. The summed E-state index contributed by atoms with van der Waals surface area (Å²) in [5.74, 6) is 1.46. The Bertz CT molecular complexity index is 688. The van der Waals surface area contributed by atoms with Crippen molar-refractivity contribution < 1.29 is 9.84 Å². The number of benzene rings is 1. The van der Waals surface area contributed by atoms with E-state index in [1.54, 1.807) is 0 Å². The predicted octanol–water partition coefficient (Wildman–Crippen LogP) is 1.99. The molecule has 0 aliphatic carbocycles. The fourth-order valence-corrected chi connectivity index (χ4v) is 3.75. The van der Waals surface area contributed by atoms with E-state index in [0.717, 1.165) is 31.0 Å². The van der Waals surface area contributed by atoms with Crippen LogP contribution in [0.25, 0.3) is 10.9 Å². The number of aliphatic hydroxyl groups excluding tert-OH is 1. The van der Waals surface area contributed by atoms with E-state index in [2.05, 4.69) is 30.0 Å². The number of aryl methyl sites for hydroxylation is 1. The van der Waals surface area contributed by atoms with Crippen molar-refractivity contribution in [3.63, 3.8) is 0 Å². The number of para-hydroxylation sites is 1. The van der Waals surface area contributed by atoms with Crippen LogP contribution in [0, 0.1) is 18.3 Å². The number of hydrogen-bond acceptors (Lipinski definition) is 4. The van der Waals surface area contributed by atoms with Crippen LogP contribution in [-0.2, 0) is 4.74 Å². The molecule has 0 saturated carbocycles. The van der Waals surface area contributed by atoms with Crippen LogP contribution in [0.2, 0.25) is 0 Å². The highest BCUT2D eigenvalue weighted by Gasteiger charge is 2.50. The van der Waals surface area contributed by atoms with Crippen LogP contribution in [0.15, 0.2) is 30.3 Å². The number of anilines is 1. The van der Waals surface area contributed by atoms with Crippen molar-refractivity contribution in [3.05, 3.63) is 35.9 Å². The monoisotopic (exact) mass is 284 g/mol. The molecule has 21 heavy (non-hydrogen) atoms. The number of aromatic nitrogens is 1. The second-order valence-corrected chi connectivity index (χ2v) is 6.43. The minimum atomic E-state index is -0.0975. The molecule has 4 rings (SSSR count). The Morgan fingerprint density at radius 2 is 2.29 bits per heavy atom. The molecular weight excluding hydrogens is 264 g/mol. The number of nitrogens with zero attached hydrogens (tertiary/aromatic N) is 2. The van der Waals surface area contributed by atoms with Gasteiger partial charge in [0.25, 0.3) is 0 Å². The lowest BCUT2D eigenvalue weighted by molar-refractivity contribution is 0.0989. The van der Waals surface area contributed by atoms with E-state index in [0.29, 0.717) is 12.5 Å². The number of ether oxygens (including phenoxy) is 1. The minimum Gasteiger partial charge on any atom is -0.396 e. The van der Waals surface area contributed by atoms with Crippen molar-refractivity contribution in [1.29, 1.82) is 0 Å². The maximum absolute atomic E-state index is 9.81. The first-order valence-corrected chi connectivity index (χ1v) is 7.52. The van der Waals surface area contributed by atoms with Gasteiger partial charge < -0.3 is 14.7 Å². The van der Waals surface area contributed by atoms with Crippen molar-refractivity contribution in [1.82, 2.24) is 4.98 Å². The third kappa shape index (κ3) is 1.93. The number of pyridine rings is 1. The highest BCUT2D eigenvalue weighted by Crippen LogP contribution is 2.42. The molecule has 2 atom stereocenters. The summed E-state index contributed by atoms with van der Waals surface area (Å²) < 4.78 is 5.58. The second kappa shape index (κ2) is 4.68. The Kier molecular flexibility index (Phi) is 2.91. The van der Waals surface area contributed by atoms with Gasteiger partial charge in [0.2, 0.25) is 0 Å². The van der Waals surface area contributed by atoms with Gasteiger partial charge in [-0.1, -0.05) is 18.2 Å². The minimum absolute atomic E-state index is 0.0975. The molecule has 1 N–H and O–H groups in total. The summed E-state index contributed by atoms with van der Waals surface area (Å²) in [7, 11) is 0. The first kappa shape index (κ1) is 13.0. The molecule has 1 aromatic heterocycles. The van der Waals surface area contributed by atoms with Gasteiger partial charge in [-0.3, -0.25) is 0 Å². The molecule has 2 saturated heterocycles. The molecule has 2 aliphatic heterocycles. The topological polar surface area (TPSA) is 45.6 Å². The van der Waals surface area contributed by atoms with Gasteiger partial charge in [0, 0.05) is 29.8 Å². The third-order valence-corrected chi connectivity index (χ3v) is 5.02. The zero-order chi connectivity index (χ0) is 14.4. The van der Waals surface area contributed by atoms with Gasteiger partial charge in [-0.25, -0.2) is 4.98 Å². The summed E-state index contributed by atoms with van der Waals surface area (Å²) in [4.78, 5) is 7.18. The van der Waals surface area contributed by atoms with E-state index in [9.17, 15) is 5.11 Å². The predicted molar refractivity (Wildman–Crippen MR) is 82.5 cm³/mol. The summed E-state index contributed by atoms with van der Waals surface area (Å²) in [5, 5.41) is 11.0. The number of rotatable bonds is 2. The second-order valence-electron chi connectivity index (χ2n) is 6.43. The molecule has 0 radical (unpaired) electrons. The fourth-order valence-electron chi connectivity index (χ4n) is 3.75. The van der Waals surface area contributed by atoms with Crippen LogP contribution in [0.3, 0.4) is 0 Å². The molecule has 4 nitrogen and oxygen atoms in total. The largest absolute Gasteiger partial charge is 0.396 e. The molecule has 1 aromatic carbocycles. The standard InChI is InChI=1S/C17H20N2O2/c1-12-6-13-4-2-3-5-15(13)18-16(12)19-7-14-8-21-11-17(14,9-19)10-20/h2-6,14,20H,7-11H2,1H3/t14-,17-/m0/s1. The zero-order valence-electron chi connectivity index (χ0n) is 12.2. The highest BCUT2D eigenvalue weighted by molar-refractivity contribution is 5.81. The first-order chi connectivity index (χ1) is 10.2. The third-order valence-electron chi connectivity index (χ3n) is 5.02. The van der Waals surface area contributed by atoms with Crippen molar-refractivity contribution in [3.8, 4) is 0 Å². The van der Waals surface area contributed by atoms with Crippen LogP contribution in [-0.4, -0.2) is 43.0 Å². The molecular formula is C17H20N2O2. The van der Waals surface area contributed by atoms with E-state index in [1.165, 1.54) is 10.9 Å². The molecule has 0 unspecified atom stereocenters. The Morgan fingerprint density at radius 1 is 1.43 bits per heavy atom. The van der Waals surface area contributed by atoms with Gasteiger partial charge in [0.15, 0.2) is 0 Å². The quantitative estimate of drug-likeness (QED) is 0.916. The molecule has 2 fully saturated rings. The van der Waals surface area contributed by atoms with Crippen LogP contribution in [0.1, 0.15) is 5.56 Å². The zero-order valence-corrected chi connectivity index (χ0v) is 12.2. The van der Waals surface area contributed by atoms with E-state index >= 15 is 0 Å². The Balaban J connectivity index is 1.73. The maximum atomic E-state index is 9.81. The van der Waals surface area contributed by atoms with Crippen molar-refractivity contribution in [2.24, 2.45) is 11.3 Å². The van der Waals surface area contributed by atoms with Crippen molar-refractivity contribution in [2.45, 2.75) is 6.92 Å². The lowest BCUT2D eigenvalue weighted by Crippen LogP contribution is -2.34. The molecule has 110 valence electrons. The normalized spacial score (nSPS) is 28.3. The van der Waals surface area contributed by atoms with Gasteiger partial charge in [0.1, 0.15) is 5.82 Å². The molecule has 0 amide bonds. The summed E-state index contributed by atoms with van der Waals surface area (Å²) in [5.41, 5.74) is 2.13. The number of aliphatic hydroxyl groups is 1. The Hall–Kier alpha value is -1.65. The number of fused-ring (bicyclic) bond motifs is 2. The molecule has 3 heterocycles. The summed E-state index contributed by atoms with van der Waals surface area (Å²) in [6.07, 6.45) is 0. The Labute approximate surface area is 124 Å². The van der Waals surface area contributed by atoms with Gasteiger partial charge in [-0.2, -0.15) is 0 Å². The SMILES string of the molecule is Cc1cc2ccccc2nc1N1C[C@H]2COC[C@@]2(CO)C1. The summed E-state index contributed by atoms with van der Waals surface area (Å²) in [6, 6.07) is 10.4. The van der Waals surface area contributed by atoms with E-state index in [1.807, 2.05) is 12.1 Å². The number of hydrogen-bond donors (Lipinski definition) is 1. The molecule has 4 heteroatoms. The molecule has 0 bridgehead atoms. The average Bonchev–Trinajstić information content (AvgIpc) is 3.03. The fraction of sp³-hybridized carbons (Fsp3) is 0.471. The lowest BCUT2D eigenvalue weighted by atomic mass is 9.82. The van der Waals surface area contributed by atoms with Gasteiger partial charge >= 0.3 is 0 Å². The summed E-state index contributed by atoms with van der Waals surface area (Å²) >= 11 is 0. The van der Waals surface area contributed by atoms with Gasteiger partial charge in [-0.05, 0) is 24.6 Å². The Morgan fingerprint density at radius 3 is 3.10 bits per heavy atom. The van der Waals surface area contributed by atoms with Crippen LogP contribution >= 0.6 is 0 Å². The molecule has 0 spiro atoms.